The maximum absolute atomic E-state index is 6.50. The first-order valence-electron chi connectivity index (χ1n) is 8.76. The Morgan fingerprint density at radius 2 is 2.04 bits per heavy atom. The summed E-state index contributed by atoms with van der Waals surface area (Å²) in [4.78, 5) is 10.8. The summed E-state index contributed by atoms with van der Waals surface area (Å²) in [5.74, 6) is 2.32. The summed E-state index contributed by atoms with van der Waals surface area (Å²) in [7, 11) is 3.79. The lowest BCUT2D eigenvalue weighted by molar-refractivity contribution is -0.0145. The molecule has 1 spiro atoms. The van der Waals surface area contributed by atoms with Crippen LogP contribution in [0.5, 0.6) is 11.6 Å². The zero-order valence-electron chi connectivity index (χ0n) is 14.7. The van der Waals surface area contributed by atoms with Gasteiger partial charge in [0.25, 0.3) is 0 Å². The average molecular weight is 340 g/mol. The molecule has 0 amide bonds. The highest BCUT2D eigenvalue weighted by atomic mass is 16.5. The fourth-order valence-electron chi connectivity index (χ4n) is 3.79. The van der Waals surface area contributed by atoms with E-state index in [-0.39, 0.29) is 11.6 Å². The fourth-order valence-corrected chi connectivity index (χ4v) is 3.79. The van der Waals surface area contributed by atoms with Gasteiger partial charge in [0.15, 0.2) is 0 Å². The number of anilines is 1. The van der Waals surface area contributed by atoms with E-state index in [2.05, 4.69) is 45.4 Å². The van der Waals surface area contributed by atoms with Gasteiger partial charge >= 0.3 is 0 Å². The van der Waals surface area contributed by atoms with Crippen molar-refractivity contribution in [3.8, 4) is 11.6 Å². The number of ether oxygens (including phenoxy) is 2. The zero-order chi connectivity index (χ0) is 17.3. The third-order valence-corrected chi connectivity index (χ3v) is 5.27. The minimum atomic E-state index is -0.102. The Bertz CT molecular complexity index is 744. The van der Waals surface area contributed by atoms with Crippen LogP contribution in [0, 0.1) is 0 Å². The molecule has 6 nitrogen and oxygen atoms in total. The second-order valence-corrected chi connectivity index (χ2v) is 6.97. The van der Waals surface area contributed by atoms with Gasteiger partial charge in [-0.3, -0.25) is 0 Å². The molecule has 1 unspecified atom stereocenters. The second-order valence-electron chi connectivity index (χ2n) is 6.97. The number of piperidine rings is 1. The van der Waals surface area contributed by atoms with Gasteiger partial charge in [0.2, 0.25) is 5.88 Å². The molecule has 1 fully saturated rings. The normalized spacial score (nSPS) is 22.1. The minimum Gasteiger partial charge on any atom is -0.487 e. The van der Waals surface area contributed by atoms with Crippen molar-refractivity contribution in [2.45, 2.75) is 30.9 Å². The Hall–Kier alpha value is -2.34. The Morgan fingerprint density at radius 1 is 1.24 bits per heavy atom. The fraction of sp³-hybridized carbons (Fsp3) is 0.474. The Balaban J connectivity index is 1.63. The van der Waals surface area contributed by atoms with E-state index in [1.165, 1.54) is 11.9 Å². The van der Waals surface area contributed by atoms with Crippen LogP contribution in [0.25, 0.3) is 0 Å². The van der Waals surface area contributed by atoms with E-state index in [1.807, 2.05) is 12.1 Å². The maximum atomic E-state index is 6.50. The summed E-state index contributed by atoms with van der Waals surface area (Å²) in [5.41, 5.74) is 1.08. The van der Waals surface area contributed by atoms with Gasteiger partial charge in [-0.15, -0.1) is 0 Å². The molecule has 4 rings (SSSR count). The highest BCUT2D eigenvalue weighted by Gasteiger charge is 2.42. The molecule has 6 heteroatoms. The van der Waals surface area contributed by atoms with Crippen LogP contribution in [0.2, 0.25) is 0 Å². The largest absolute Gasteiger partial charge is 0.487 e. The lowest BCUT2D eigenvalue weighted by atomic mass is 9.80. The van der Waals surface area contributed by atoms with Crippen LogP contribution in [0.15, 0.2) is 36.7 Å². The molecule has 2 aromatic rings. The summed E-state index contributed by atoms with van der Waals surface area (Å²) >= 11 is 0. The standard InChI is InChI=1S/C19H24N4O2/c1-23-9-7-19(8-10-23)12-15(14-5-3-4-6-16(14)25-19)22-17-11-18(24-2)21-13-20-17/h3-6,11,13,15H,7-10,12H2,1-2H3,(H,20,21,22). The van der Waals surface area contributed by atoms with Gasteiger partial charge in [0.05, 0.1) is 13.2 Å². The van der Waals surface area contributed by atoms with Crippen LogP contribution < -0.4 is 14.8 Å². The molecule has 1 saturated heterocycles. The lowest BCUT2D eigenvalue weighted by Crippen LogP contribution is -2.50. The first kappa shape index (κ1) is 16.1. The van der Waals surface area contributed by atoms with Gasteiger partial charge in [-0.1, -0.05) is 18.2 Å². The highest BCUT2D eigenvalue weighted by Crippen LogP contribution is 2.45. The van der Waals surface area contributed by atoms with E-state index in [0.717, 1.165) is 43.9 Å². The van der Waals surface area contributed by atoms with E-state index in [9.17, 15) is 0 Å². The summed E-state index contributed by atoms with van der Waals surface area (Å²) < 4.78 is 11.7. The average Bonchev–Trinajstić information content (AvgIpc) is 2.65. The van der Waals surface area contributed by atoms with Crippen molar-refractivity contribution in [1.82, 2.24) is 14.9 Å². The molecule has 132 valence electrons. The van der Waals surface area contributed by atoms with E-state index >= 15 is 0 Å². The number of likely N-dealkylation sites (tertiary alicyclic amines) is 1. The summed E-state index contributed by atoms with van der Waals surface area (Å²) in [5, 5.41) is 3.57. The molecule has 0 aliphatic carbocycles. The molecule has 3 heterocycles. The minimum absolute atomic E-state index is 0.102. The van der Waals surface area contributed by atoms with Crippen LogP contribution >= 0.6 is 0 Å². The number of hydrogen-bond donors (Lipinski definition) is 1. The molecule has 1 N–H and O–H groups in total. The van der Waals surface area contributed by atoms with Crippen LogP contribution in [0.4, 0.5) is 5.82 Å². The van der Waals surface area contributed by atoms with Crippen LogP contribution in [-0.4, -0.2) is 47.7 Å². The monoisotopic (exact) mass is 340 g/mol. The maximum Gasteiger partial charge on any atom is 0.218 e. The first-order chi connectivity index (χ1) is 12.2. The summed E-state index contributed by atoms with van der Waals surface area (Å²) in [6.07, 6.45) is 4.55. The molecule has 0 bridgehead atoms. The van der Waals surface area contributed by atoms with Gasteiger partial charge in [-0.05, 0) is 26.0 Å². The smallest absolute Gasteiger partial charge is 0.218 e. The van der Waals surface area contributed by atoms with Gasteiger partial charge < -0.3 is 19.7 Å². The molecular weight excluding hydrogens is 316 g/mol. The molecule has 1 atom stereocenters. The number of methoxy groups -OCH3 is 1. The summed E-state index contributed by atoms with van der Waals surface area (Å²) in [6, 6.07) is 10.3. The Labute approximate surface area is 148 Å². The number of rotatable bonds is 3. The van der Waals surface area contributed by atoms with Crippen molar-refractivity contribution in [2.75, 3.05) is 32.6 Å². The van der Waals surface area contributed by atoms with Crippen LogP contribution in [0.1, 0.15) is 30.9 Å². The predicted octanol–water partition coefficient (Wildman–Crippen LogP) is 2.89. The topological polar surface area (TPSA) is 59.5 Å². The van der Waals surface area contributed by atoms with E-state index < -0.39 is 0 Å². The molecule has 1 aromatic carbocycles. The van der Waals surface area contributed by atoms with Crippen molar-refractivity contribution in [2.24, 2.45) is 0 Å². The SMILES string of the molecule is COc1cc(NC2CC3(CCN(C)CC3)Oc3ccccc32)ncn1. The third-order valence-electron chi connectivity index (χ3n) is 5.27. The number of fused-ring (bicyclic) bond motifs is 1. The Morgan fingerprint density at radius 3 is 2.84 bits per heavy atom. The van der Waals surface area contributed by atoms with Crippen molar-refractivity contribution in [3.63, 3.8) is 0 Å². The summed E-state index contributed by atoms with van der Waals surface area (Å²) in [6.45, 7) is 2.13. The molecule has 1 aromatic heterocycles. The van der Waals surface area contributed by atoms with E-state index in [1.54, 1.807) is 7.11 Å². The predicted molar refractivity (Wildman–Crippen MR) is 96.1 cm³/mol. The zero-order valence-corrected chi connectivity index (χ0v) is 14.7. The van der Waals surface area contributed by atoms with Gasteiger partial charge in [-0.2, -0.15) is 0 Å². The molecule has 0 saturated carbocycles. The number of nitrogens with one attached hydrogen (secondary N) is 1. The second kappa shape index (κ2) is 6.52. The number of aromatic nitrogens is 2. The molecular formula is C19H24N4O2. The molecule has 2 aliphatic heterocycles. The molecule has 2 aliphatic rings. The van der Waals surface area contributed by atoms with Crippen molar-refractivity contribution in [3.05, 3.63) is 42.2 Å². The number of nitrogens with zero attached hydrogens (tertiary/aromatic N) is 3. The van der Waals surface area contributed by atoms with Gasteiger partial charge in [0.1, 0.15) is 23.5 Å². The lowest BCUT2D eigenvalue weighted by Gasteiger charge is -2.46. The van der Waals surface area contributed by atoms with E-state index in [0.29, 0.717) is 5.88 Å². The molecule has 0 radical (unpaired) electrons. The third kappa shape index (κ3) is 3.26. The van der Waals surface area contributed by atoms with Crippen LogP contribution in [-0.2, 0) is 0 Å². The number of para-hydroxylation sites is 1. The Kier molecular flexibility index (Phi) is 4.21. The van der Waals surface area contributed by atoms with Crippen molar-refractivity contribution < 1.29 is 9.47 Å². The van der Waals surface area contributed by atoms with Crippen molar-refractivity contribution in [1.29, 1.82) is 0 Å². The quantitative estimate of drug-likeness (QED) is 0.927. The van der Waals surface area contributed by atoms with Crippen LogP contribution in [0.3, 0.4) is 0 Å². The highest BCUT2D eigenvalue weighted by molar-refractivity contribution is 5.46. The van der Waals surface area contributed by atoms with E-state index in [4.69, 9.17) is 9.47 Å². The molecule has 25 heavy (non-hydrogen) atoms. The number of hydrogen-bond acceptors (Lipinski definition) is 6. The van der Waals surface area contributed by atoms with Crippen molar-refractivity contribution >= 4 is 5.82 Å². The van der Waals surface area contributed by atoms with Gasteiger partial charge in [0, 0.05) is 31.1 Å². The van der Waals surface area contributed by atoms with Gasteiger partial charge in [-0.25, -0.2) is 9.97 Å². The first-order valence-corrected chi connectivity index (χ1v) is 8.76. The number of benzene rings is 1.